The van der Waals surface area contributed by atoms with Gasteiger partial charge in [0.15, 0.2) is 0 Å². The molecule has 3 aromatic rings. The molecular formula is C21H18FN3O4S. The van der Waals surface area contributed by atoms with Crippen LogP contribution in [0, 0.1) is 5.82 Å². The highest BCUT2D eigenvalue weighted by Crippen LogP contribution is 2.34. The van der Waals surface area contributed by atoms with Gasteiger partial charge in [-0.05, 0) is 48.0 Å². The molecule has 0 fully saturated rings. The number of amides is 1. The van der Waals surface area contributed by atoms with E-state index < -0.39 is 27.8 Å². The maximum absolute atomic E-state index is 13.6. The Bertz CT molecular complexity index is 1210. The number of rotatable bonds is 5. The molecule has 0 aliphatic carbocycles. The van der Waals surface area contributed by atoms with Crippen LogP contribution < -0.4 is 4.72 Å². The van der Waals surface area contributed by atoms with E-state index >= 15 is 0 Å². The number of carbonyl (C=O) groups is 1. The summed E-state index contributed by atoms with van der Waals surface area (Å²) in [6.45, 7) is 0. The Morgan fingerprint density at radius 2 is 1.93 bits per heavy atom. The zero-order valence-electron chi connectivity index (χ0n) is 15.9. The van der Waals surface area contributed by atoms with Crippen LogP contribution in [-0.2, 0) is 10.0 Å². The number of benzene rings is 2. The third-order valence-electron chi connectivity index (χ3n) is 4.58. The second kappa shape index (κ2) is 7.75. The zero-order valence-corrected chi connectivity index (χ0v) is 16.8. The molecule has 1 unspecified atom stereocenters. The predicted octanol–water partition coefficient (Wildman–Crippen LogP) is 3.78. The number of hydrazone groups is 1. The third kappa shape index (κ3) is 4.25. The van der Waals surface area contributed by atoms with Crippen LogP contribution in [-0.4, -0.2) is 31.3 Å². The van der Waals surface area contributed by atoms with Crippen molar-refractivity contribution < 1.29 is 22.0 Å². The van der Waals surface area contributed by atoms with E-state index in [4.69, 9.17) is 4.42 Å². The van der Waals surface area contributed by atoms with E-state index in [2.05, 4.69) is 9.82 Å². The summed E-state index contributed by atoms with van der Waals surface area (Å²) >= 11 is 0. The lowest BCUT2D eigenvalue weighted by molar-refractivity contribution is 0.0692. The van der Waals surface area contributed by atoms with Gasteiger partial charge in [-0.3, -0.25) is 9.52 Å². The van der Waals surface area contributed by atoms with E-state index in [9.17, 15) is 17.6 Å². The minimum absolute atomic E-state index is 0.184. The van der Waals surface area contributed by atoms with Gasteiger partial charge in [0.2, 0.25) is 10.0 Å². The number of furan rings is 1. The molecule has 2 aromatic carbocycles. The number of nitrogens with zero attached hydrogens (tertiary/aromatic N) is 2. The normalized spacial score (nSPS) is 16.4. The summed E-state index contributed by atoms with van der Waals surface area (Å²) in [7, 11) is -3.38. The summed E-state index contributed by atoms with van der Waals surface area (Å²) in [5, 5.41) is 5.78. The number of anilines is 1. The SMILES string of the molecule is CS(=O)(=O)Nc1ccc(C2=NN(C(=O)c3cccc(F)c3)C(c3ccco3)C2)cc1. The Labute approximate surface area is 172 Å². The smallest absolute Gasteiger partial charge is 0.274 e. The van der Waals surface area contributed by atoms with E-state index in [1.54, 1.807) is 36.4 Å². The molecule has 7 nitrogen and oxygen atoms in total. The molecule has 0 saturated heterocycles. The highest BCUT2D eigenvalue weighted by Gasteiger charge is 2.35. The van der Waals surface area contributed by atoms with Gasteiger partial charge < -0.3 is 4.42 Å². The fourth-order valence-electron chi connectivity index (χ4n) is 3.27. The number of halogens is 1. The standard InChI is InChI=1S/C21H18FN3O4S/c1-30(27,28)24-17-9-7-14(8-10-17)18-13-19(20-6-3-11-29-20)25(23-18)21(26)15-4-2-5-16(22)12-15/h2-12,19,24H,13H2,1H3. The fourth-order valence-corrected chi connectivity index (χ4v) is 3.84. The van der Waals surface area contributed by atoms with Gasteiger partial charge in [-0.25, -0.2) is 17.8 Å². The van der Waals surface area contributed by atoms with Crippen molar-refractivity contribution in [3.63, 3.8) is 0 Å². The monoisotopic (exact) mass is 427 g/mol. The largest absolute Gasteiger partial charge is 0.467 e. The minimum Gasteiger partial charge on any atom is -0.467 e. The van der Waals surface area contributed by atoms with Crippen molar-refractivity contribution in [2.45, 2.75) is 12.5 Å². The lowest BCUT2D eigenvalue weighted by Crippen LogP contribution is -2.26. The summed E-state index contributed by atoms with van der Waals surface area (Å²) in [6.07, 6.45) is 2.99. The van der Waals surface area contributed by atoms with Crippen LogP contribution in [0.15, 0.2) is 76.4 Å². The van der Waals surface area contributed by atoms with Crippen LogP contribution in [0.5, 0.6) is 0 Å². The lowest BCUT2D eigenvalue weighted by Gasteiger charge is -2.19. The molecule has 1 aliphatic heterocycles. The van der Waals surface area contributed by atoms with Crippen LogP contribution in [0.4, 0.5) is 10.1 Å². The molecule has 0 spiro atoms. The Balaban J connectivity index is 1.66. The van der Waals surface area contributed by atoms with E-state index in [0.29, 0.717) is 23.6 Å². The van der Waals surface area contributed by atoms with Gasteiger partial charge in [-0.2, -0.15) is 5.10 Å². The molecule has 1 aliphatic rings. The average molecular weight is 427 g/mol. The van der Waals surface area contributed by atoms with Crippen LogP contribution >= 0.6 is 0 Å². The molecule has 1 aromatic heterocycles. The first-order chi connectivity index (χ1) is 14.3. The first kappa shape index (κ1) is 19.8. The molecule has 2 heterocycles. The molecule has 154 valence electrons. The molecule has 0 saturated carbocycles. The average Bonchev–Trinajstić information content (AvgIpc) is 3.36. The Morgan fingerprint density at radius 1 is 1.17 bits per heavy atom. The second-order valence-electron chi connectivity index (χ2n) is 6.89. The number of hydrogen-bond acceptors (Lipinski definition) is 5. The Hall–Kier alpha value is -3.46. The summed E-state index contributed by atoms with van der Waals surface area (Å²) in [6, 6.07) is 15.1. The molecule has 1 amide bonds. The van der Waals surface area contributed by atoms with Crippen LogP contribution in [0.25, 0.3) is 0 Å². The topological polar surface area (TPSA) is 92.0 Å². The summed E-state index contributed by atoms with van der Waals surface area (Å²) in [5.41, 5.74) is 1.98. The highest BCUT2D eigenvalue weighted by atomic mass is 32.2. The van der Waals surface area contributed by atoms with Crippen molar-refractivity contribution in [2.75, 3.05) is 11.0 Å². The van der Waals surface area contributed by atoms with E-state index in [1.165, 1.54) is 35.5 Å². The van der Waals surface area contributed by atoms with Gasteiger partial charge >= 0.3 is 0 Å². The molecule has 0 radical (unpaired) electrons. The molecule has 1 atom stereocenters. The number of carbonyl (C=O) groups excluding carboxylic acids is 1. The number of sulfonamides is 1. The number of hydrogen-bond donors (Lipinski definition) is 1. The maximum Gasteiger partial charge on any atom is 0.274 e. The van der Waals surface area contributed by atoms with E-state index in [-0.39, 0.29) is 5.56 Å². The molecule has 0 bridgehead atoms. The van der Waals surface area contributed by atoms with Crippen molar-refractivity contribution in [1.82, 2.24) is 5.01 Å². The quantitative estimate of drug-likeness (QED) is 0.671. The van der Waals surface area contributed by atoms with Crippen molar-refractivity contribution in [3.8, 4) is 0 Å². The number of nitrogens with one attached hydrogen (secondary N) is 1. The van der Waals surface area contributed by atoms with Crippen molar-refractivity contribution >= 4 is 27.3 Å². The van der Waals surface area contributed by atoms with Crippen LogP contribution in [0.2, 0.25) is 0 Å². The van der Waals surface area contributed by atoms with Gasteiger partial charge in [0.25, 0.3) is 5.91 Å². The van der Waals surface area contributed by atoms with Gasteiger partial charge in [0.05, 0.1) is 18.2 Å². The maximum atomic E-state index is 13.6. The Kier molecular flexibility index (Phi) is 5.13. The summed E-state index contributed by atoms with van der Waals surface area (Å²) in [5.74, 6) is -0.386. The van der Waals surface area contributed by atoms with Gasteiger partial charge in [-0.1, -0.05) is 18.2 Å². The summed E-state index contributed by atoms with van der Waals surface area (Å²) in [4.78, 5) is 13.0. The minimum atomic E-state index is -3.38. The molecular weight excluding hydrogens is 409 g/mol. The first-order valence-electron chi connectivity index (χ1n) is 9.08. The van der Waals surface area contributed by atoms with Crippen LogP contribution in [0.1, 0.15) is 34.1 Å². The highest BCUT2D eigenvalue weighted by molar-refractivity contribution is 7.92. The van der Waals surface area contributed by atoms with Crippen molar-refractivity contribution in [3.05, 3.63) is 89.6 Å². The molecule has 9 heteroatoms. The van der Waals surface area contributed by atoms with E-state index in [0.717, 1.165) is 11.8 Å². The zero-order chi connectivity index (χ0) is 21.3. The van der Waals surface area contributed by atoms with Gasteiger partial charge in [0.1, 0.15) is 17.6 Å². The lowest BCUT2D eigenvalue weighted by atomic mass is 10.0. The molecule has 30 heavy (non-hydrogen) atoms. The van der Waals surface area contributed by atoms with Gasteiger partial charge in [0, 0.05) is 17.7 Å². The predicted molar refractivity (Wildman–Crippen MR) is 110 cm³/mol. The molecule has 4 rings (SSSR count). The summed E-state index contributed by atoms with van der Waals surface area (Å²) < 4.78 is 44.3. The van der Waals surface area contributed by atoms with E-state index in [1.807, 2.05) is 0 Å². The first-order valence-corrected chi connectivity index (χ1v) is 11.0. The van der Waals surface area contributed by atoms with Crippen molar-refractivity contribution in [2.24, 2.45) is 5.10 Å². The Morgan fingerprint density at radius 3 is 2.57 bits per heavy atom. The van der Waals surface area contributed by atoms with Gasteiger partial charge in [-0.15, -0.1) is 0 Å². The molecule has 1 N–H and O–H groups in total. The third-order valence-corrected chi connectivity index (χ3v) is 5.19. The van der Waals surface area contributed by atoms with Crippen LogP contribution in [0.3, 0.4) is 0 Å². The van der Waals surface area contributed by atoms with Crippen molar-refractivity contribution in [1.29, 1.82) is 0 Å². The fraction of sp³-hybridized carbons (Fsp3) is 0.143. The second-order valence-corrected chi connectivity index (χ2v) is 8.64.